The van der Waals surface area contributed by atoms with E-state index in [1.165, 1.54) is 12.1 Å². The quantitative estimate of drug-likeness (QED) is 0.630. The summed E-state index contributed by atoms with van der Waals surface area (Å²) in [6, 6.07) is 3.95. The van der Waals surface area contributed by atoms with E-state index in [-0.39, 0.29) is 11.6 Å². The standard InChI is InChI=1S/C13H19N3O3/c1-8(2)7-10(14)13(17)15-11-5-4-6-12(9(11)3)16(18)19/h4-6,8,10H,7,14H2,1-3H3,(H,15,17). The maximum absolute atomic E-state index is 11.9. The van der Waals surface area contributed by atoms with Crippen molar-refractivity contribution in [2.45, 2.75) is 33.2 Å². The van der Waals surface area contributed by atoms with E-state index in [1.807, 2.05) is 13.8 Å². The lowest BCUT2D eigenvalue weighted by atomic mass is 10.0. The highest BCUT2D eigenvalue weighted by Crippen LogP contribution is 2.25. The van der Waals surface area contributed by atoms with Gasteiger partial charge in [-0.15, -0.1) is 0 Å². The van der Waals surface area contributed by atoms with Gasteiger partial charge in [-0.3, -0.25) is 14.9 Å². The van der Waals surface area contributed by atoms with Crippen LogP contribution in [-0.2, 0) is 4.79 Å². The first-order valence-corrected chi connectivity index (χ1v) is 6.13. The summed E-state index contributed by atoms with van der Waals surface area (Å²) in [5, 5.41) is 13.4. The molecule has 6 nitrogen and oxygen atoms in total. The fourth-order valence-corrected chi connectivity index (χ4v) is 1.80. The number of benzene rings is 1. The SMILES string of the molecule is Cc1c(NC(=O)C(N)CC(C)C)cccc1[N+](=O)[O-]. The maximum Gasteiger partial charge on any atom is 0.274 e. The van der Waals surface area contributed by atoms with E-state index in [2.05, 4.69) is 5.32 Å². The van der Waals surface area contributed by atoms with E-state index in [1.54, 1.807) is 13.0 Å². The number of amides is 1. The maximum atomic E-state index is 11.9. The third-order valence-electron chi connectivity index (χ3n) is 2.82. The largest absolute Gasteiger partial charge is 0.324 e. The molecule has 1 unspecified atom stereocenters. The number of anilines is 1. The van der Waals surface area contributed by atoms with Gasteiger partial charge in [-0.1, -0.05) is 19.9 Å². The molecule has 19 heavy (non-hydrogen) atoms. The number of hydrogen-bond donors (Lipinski definition) is 2. The number of nitrogens with two attached hydrogens (primary N) is 1. The molecular weight excluding hydrogens is 246 g/mol. The van der Waals surface area contributed by atoms with Gasteiger partial charge in [0, 0.05) is 6.07 Å². The number of carbonyl (C=O) groups is 1. The van der Waals surface area contributed by atoms with Crippen molar-refractivity contribution in [3.63, 3.8) is 0 Å². The number of nitro groups is 1. The Hall–Kier alpha value is -1.95. The average Bonchev–Trinajstić information content (AvgIpc) is 2.30. The van der Waals surface area contributed by atoms with Crippen LogP contribution in [0.3, 0.4) is 0 Å². The summed E-state index contributed by atoms with van der Waals surface area (Å²) in [4.78, 5) is 22.2. The number of rotatable bonds is 5. The number of carbonyl (C=O) groups excluding carboxylic acids is 1. The molecule has 104 valence electrons. The van der Waals surface area contributed by atoms with Gasteiger partial charge in [0.25, 0.3) is 5.69 Å². The van der Waals surface area contributed by atoms with Crippen LogP contribution in [0, 0.1) is 23.0 Å². The van der Waals surface area contributed by atoms with Crippen LogP contribution in [0.5, 0.6) is 0 Å². The molecule has 0 aromatic heterocycles. The van der Waals surface area contributed by atoms with Crippen molar-refractivity contribution in [2.24, 2.45) is 11.7 Å². The van der Waals surface area contributed by atoms with Gasteiger partial charge in [-0.2, -0.15) is 0 Å². The van der Waals surface area contributed by atoms with E-state index in [9.17, 15) is 14.9 Å². The fourth-order valence-electron chi connectivity index (χ4n) is 1.80. The molecular formula is C13H19N3O3. The second-order valence-electron chi connectivity index (χ2n) is 4.93. The van der Waals surface area contributed by atoms with Crippen molar-refractivity contribution < 1.29 is 9.72 Å². The van der Waals surface area contributed by atoms with Gasteiger partial charge < -0.3 is 11.1 Å². The molecule has 0 bridgehead atoms. The van der Waals surface area contributed by atoms with E-state index < -0.39 is 11.0 Å². The Morgan fingerprint density at radius 2 is 2.11 bits per heavy atom. The zero-order chi connectivity index (χ0) is 14.6. The van der Waals surface area contributed by atoms with Crippen LogP contribution in [0.15, 0.2) is 18.2 Å². The summed E-state index contributed by atoms with van der Waals surface area (Å²) in [5.41, 5.74) is 6.61. The third kappa shape index (κ3) is 4.03. The Kier molecular flexibility index (Phi) is 5.00. The molecule has 1 amide bonds. The fraction of sp³-hybridized carbons (Fsp3) is 0.462. The van der Waals surface area contributed by atoms with Crippen molar-refractivity contribution in [1.29, 1.82) is 0 Å². The highest BCUT2D eigenvalue weighted by molar-refractivity contribution is 5.95. The third-order valence-corrected chi connectivity index (χ3v) is 2.82. The van der Waals surface area contributed by atoms with Gasteiger partial charge in [0.1, 0.15) is 0 Å². The lowest BCUT2D eigenvalue weighted by molar-refractivity contribution is -0.385. The zero-order valence-corrected chi connectivity index (χ0v) is 11.3. The second-order valence-corrected chi connectivity index (χ2v) is 4.93. The van der Waals surface area contributed by atoms with E-state index in [0.29, 0.717) is 23.6 Å². The molecule has 0 radical (unpaired) electrons. The lowest BCUT2D eigenvalue weighted by Crippen LogP contribution is -2.36. The lowest BCUT2D eigenvalue weighted by Gasteiger charge is -2.15. The van der Waals surface area contributed by atoms with Gasteiger partial charge >= 0.3 is 0 Å². The van der Waals surface area contributed by atoms with Crippen molar-refractivity contribution in [1.82, 2.24) is 0 Å². The predicted octanol–water partition coefficient (Wildman–Crippen LogP) is 2.22. The van der Waals surface area contributed by atoms with Crippen molar-refractivity contribution >= 4 is 17.3 Å². The average molecular weight is 265 g/mol. The molecule has 0 aliphatic carbocycles. The summed E-state index contributed by atoms with van der Waals surface area (Å²) in [5.74, 6) is -0.00995. The molecule has 0 heterocycles. The summed E-state index contributed by atoms with van der Waals surface area (Å²) in [7, 11) is 0. The molecule has 6 heteroatoms. The Morgan fingerprint density at radius 3 is 2.63 bits per heavy atom. The molecule has 1 rings (SSSR count). The van der Waals surface area contributed by atoms with Gasteiger partial charge in [-0.05, 0) is 25.3 Å². The monoisotopic (exact) mass is 265 g/mol. The zero-order valence-electron chi connectivity index (χ0n) is 11.3. The first-order chi connectivity index (χ1) is 8.82. The number of nitrogens with one attached hydrogen (secondary N) is 1. The number of nitrogens with zero attached hydrogens (tertiary/aromatic N) is 1. The summed E-state index contributed by atoms with van der Waals surface area (Å²) >= 11 is 0. The van der Waals surface area contributed by atoms with E-state index in [0.717, 1.165) is 0 Å². The van der Waals surface area contributed by atoms with Crippen LogP contribution in [0.25, 0.3) is 0 Å². The molecule has 1 aromatic carbocycles. The number of nitro benzene ring substituents is 1. The first-order valence-electron chi connectivity index (χ1n) is 6.13. The van der Waals surface area contributed by atoms with Crippen molar-refractivity contribution in [3.8, 4) is 0 Å². The molecule has 1 aromatic rings. The van der Waals surface area contributed by atoms with Crippen LogP contribution >= 0.6 is 0 Å². The minimum Gasteiger partial charge on any atom is -0.324 e. The summed E-state index contributed by atoms with van der Waals surface area (Å²) in [6.45, 7) is 5.55. The molecule has 0 spiro atoms. The molecule has 0 aliphatic rings. The van der Waals surface area contributed by atoms with Crippen LogP contribution in [0.4, 0.5) is 11.4 Å². The normalized spacial score (nSPS) is 12.3. The summed E-state index contributed by atoms with van der Waals surface area (Å²) in [6.07, 6.45) is 0.569. The predicted molar refractivity (Wildman–Crippen MR) is 73.9 cm³/mol. The Bertz CT molecular complexity index is 486. The Labute approximate surface area is 112 Å². The molecule has 0 saturated carbocycles. The topological polar surface area (TPSA) is 98.3 Å². The van der Waals surface area contributed by atoms with Crippen LogP contribution in [-0.4, -0.2) is 16.9 Å². The number of hydrogen-bond acceptors (Lipinski definition) is 4. The minimum absolute atomic E-state index is 0.0183. The van der Waals surface area contributed by atoms with Gasteiger partial charge in [0.15, 0.2) is 0 Å². The smallest absolute Gasteiger partial charge is 0.274 e. The van der Waals surface area contributed by atoms with E-state index >= 15 is 0 Å². The summed E-state index contributed by atoms with van der Waals surface area (Å²) < 4.78 is 0. The van der Waals surface area contributed by atoms with E-state index in [4.69, 9.17) is 5.73 Å². The van der Waals surface area contributed by atoms with Crippen LogP contribution in [0.2, 0.25) is 0 Å². The molecule has 1 atom stereocenters. The Morgan fingerprint density at radius 1 is 1.47 bits per heavy atom. The van der Waals surface area contributed by atoms with Crippen LogP contribution < -0.4 is 11.1 Å². The van der Waals surface area contributed by atoms with Crippen LogP contribution in [0.1, 0.15) is 25.8 Å². The molecule has 0 fully saturated rings. The molecule has 0 aliphatic heterocycles. The highest BCUT2D eigenvalue weighted by Gasteiger charge is 2.18. The van der Waals surface area contributed by atoms with Crippen molar-refractivity contribution in [2.75, 3.05) is 5.32 Å². The van der Waals surface area contributed by atoms with Gasteiger partial charge in [0.05, 0.1) is 22.2 Å². The first kappa shape index (κ1) is 15.1. The van der Waals surface area contributed by atoms with Crippen molar-refractivity contribution in [3.05, 3.63) is 33.9 Å². The van der Waals surface area contributed by atoms with Gasteiger partial charge in [0.2, 0.25) is 5.91 Å². The molecule has 3 N–H and O–H groups in total. The van der Waals surface area contributed by atoms with Gasteiger partial charge in [-0.25, -0.2) is 0 Å². The molecule has 0 saturated heterocycles. The second kappa shape index (κ2) is 6.29. The minimum atomic E-state index is -0.612. The highest BCUT2D eigenvalue weighted by atomic mass is 16.6. The Balaban J connectivity index is 2.86.